The molecule has 0 nitrogen and oxygen atoms in total. The molecule has 9 rings (SSSR count). The summed E-state index contributed by atoms with van der Waals surface area (Å²) in [4.78, 5) is 0. The summed E-state index contributed by atoms with van der Waals surface area (Å²) in [5.74, 6) is 0. The highest BCUT2D eigenvalue weighted by atomic mass is 32.1. The highest BCUT2D eigenvalue weighted by Crippen LogP contribution is 2.44. The Balaban J connectivity index is 1.24. The van der Waals surface area contributed by atoms with Gasteiger partial charge in [0.2, 0.25) is 0 Å². The summed E-state index contributed by atoms with van der Waals surface area (Å²) in [7, 11) is 0. The molecule has 40 heavy (non-hydrogen) atoms. The smallest absolute Gasteiger partial charge is 0.0362 e. The summed E-state index contributed by atoms with van der Waals surface area (Å²) < 4.78 is 5.43. The monoisotopic (exact) mass is 542 g/mol. The van der Waals surface area contributed by atoms with E-state index in [2.05, 4.69) is 133 Å². The van der Waals surface area contributed by atoms with Crippen LogP contribution in [0, 0.1) is 0 Å². The van der Waals surface area contributed by atoms with E-state index in [1.54, 1.807) is 0 Å². The Morgan fingerprint density at radius 3 is 1.12 bits per heavy atom. The van der Waals surface area contributed by atoms with Crippen molar-refractivity contribution >= 4 is 84.6 Å². The van der Waals surface area contributed by atoms with Gasteiger partial charge in [-0.15, -0.1) is 22.7 Å². The Kier molecular flexibility index (Phi) is 4.74. The van der Waals surface area contributed by atoms with Crippen LogP contribution in [0.25, 0.3) is 84.1 Å². The van der Waals surface area contributed by atoms with Gasteiger partial charge in [-0.3, -0.25) is 0 Å². The van der Waals surface area contributed by atoms with E-state index < -0.39 is 0 Å². The summed E-state index contributed by atoms with van der Waals surface area (Å²) in [5.41, 5.74) is 5.05. The quantitative estimate of drug-likeness (QED) is 0.204. The van der Waals surface area contributed by atoms with Gasteiger partial charge in [-0.1, -0.05) is 84.9 Å². The third kappa shape index (κ3) is 3.43. The van der Waals surface area contributed by atoms with Crippen molar-refractivity contribution in [3.63, 3.8) is 0 Å². The molecule has 0 spiro atoms. The summed E-state index contributed by atoms with van der Waals surface area (Å²) >= 11 is 3.82. The standard InChI is InChI=1S/C38H22S2/c1-3-7-23(8-4-1)25-11-13-27-19-35-31(17-29(27)15-25)33-21-38-34(22-37(33)39-35)32-18-30-16-26(24-9-5-2-6-10-24)12-14-28(30)20-36(32)40-38/h1-22H. The number of fused-ring (bicyclic) bond motifs is 8. The fraction of sp³-hybridized carbons (Fsp3) is 0. The first-order valence-electron chi connectivity index (χ1n) is 13.6. The molecule has 0 unspecified atom stereocenters. The van der Waals surface area contributed by atoms with Crippen molar-refractivity contribution in [2.75, 3.05) is 0 Å². The van der Waals surface area contributed by atoms with Crippen LogP contribution in [-0.2, 0) is 0 Å². The van der Waals surface area contributed by atoms with Crippen molar-refractivity contribution in [2.24, 2.45) is 0 Å². The molecule has 0 bridgehead atoms. The zero-order valence-corrected chi connectivity index (χ0v) is 23.2. The average Bonchev–Trinajstić information content (AvgIpc) is 3.53. The lowest BCUT2D eigenvalue weighted by molar-refractivity contribution is 1.65. The molecule has 0 aliphatic heterocycles. The summed E-state index contributed by atoms with van der Waals surface area (Å²) in [6, 6.07) is 49.4. The van der Waals surface area contributed by atoms with Gasteiger partial charge in [0.05, 0.1) is 0 Å². The van der Waals surface area contributed by atoms with Crippen molar-refractivity contribution in [3.8, 4) is 22.3 Å². The molecular weight excluding hydrogens is 521 g/mol. The van der Waals surface area contributed by atoms with Gasteiger partial charge in [0.1, 0.15) is 0 Å². The fourth-order valence-electron chi connectivity index (χ4n) is 6.15. The molecule has 0 radical (unpaired) electrons. The zero-order valence-electron chi connectivity index (χ0n) is 21.5. The lowest BCUT2D eigenvalue weighted by Crippen LogP contribution is -1.79. The van der Waals surface area contributed by atoms with Gasteiger partial charge in [-0.25, -0.2) is 0 Å². The van der Waals surface area contributed by atoms with E-state index in [0.717, 1.165) is 0 Å². The second-order valence-electron chi connectivity index (χ2n) is 10.6. The maximum Gasteiger partial charge on any atom is 0.0362 e. The van der Waals surface area contributed by atoms with Gasteiger partial charge in [-0.05, 0) is 92.3 Å². The second kappa shape index (κ2) is 8.50. The first-order chi connectivity index (χ1) is 19.8. The van der Waals surface area contributed by atoms with E-state index in [9.17, 15) is 0 Å². The molecule has 2 aromatic heterocycles. The predicted octanol–water partition coefficient (Wildman–Crippen LogP) is 12.1. The number of benzene rings is 7. The molecule has 0 fully saturated rings. The Hall–Kier alpha value is -4.50. The fourth-order valence-corrected chi connectivity index (χ4v) is 8.47. The van der Waals surface area contributed by atoms with Gasteiger partial charge >= 0.3 is 0 Å². The van der Waals surface area contributed by atoms with Crippen LogP contribution in [0.2, 0.25) is 0 Å². The summed E-state index contributed by atoms with van der Waals surface area (Å²) in [6.07, 6.45) is 0. The van der Waals surface area contributed by atoms with Crippen molar-refractivity contribution in [1.82, 2.24) is 0 Å². The molecule has 2 heterocycles. The number of rotatable bonds is 2. The second-order valence-corrected chi connectivity index (χ2v) is 12.8. The van der Waals surface area contributed by atoms with Crippen molar-refractivity contribution < 1.29 is 0 Å². The summed E-state index contributed by atoms with van der Waals surface area (Å²) in [5, 5.41) is 10.6. The van der Waals surface area contributed by atoms with Crippen LogP contribution in [-0.4, -0.2) is 0 Å². The van der Waals surface area contributed by atoms with Gasteiger partial charge in [0, 0.05) is 40.3 Å². The molecule has 0 saturated heterocycles. The Morgan fingerprint density at radius 2 is 0.675 bits per heavy atom. The molecule has 0 aliphatic rings. The minimum atomic E-state index is 1.26. The first-order valence-corrected chi connectivity index (χ1v) is 15.2. The van der Waals surface area contributed by atoms with E-state index in [-0.39, 0.29) is 0 Å². The Morgan fingerprint density at radius 1 is 0.275 bits per heavy atom. The Labute approximate surface area is 239 Å². The minimum Gasteiger partial charge on any atom is -0.135 e. The average molecular weight is 543 g/mol. The number of hydrogen-bond donors (Lipinski definition) is 0. The van der Waals surface area contributed by atoms with Crippen LogP contribution < -0.4 is 0 Å². The number of hydrogen-bond acceptors (Lipinski definition) is 2. The zero-order chi connectivity index (χ0) is 26.2. The van der Waals surface area contributed by atoms with Crippen LogP contribution in [0.3, 0.4) is 0 Å². The van der Waals surface area contributed by atoms with Crippen LogP contribution >= 0.6 is 22.7 Å². The van der Waals surface area contributed by atoms with Crippen LogP contribution in [0.4, 0.5) is 0 Å². The molecule has 9 aromatic rings. The highest BCUT2D eigenvalue weighted by molar-refractivity contribution is 7.27. The molecule has 186 valence electrons. The van der Waals surface area contributed by atoms with E-state index in [4.69, 9.17) is 0 Å². The van der Waals surface area contributed by atoms with Gasteiger partial charge < -0.3 is 0 Å². The molecule has 0 aliphatic carbocycles. The molecule has 2 heteroatoms. The normalized spacial score (nSPS) is 12.0. The third-order valence-electron chi connectivity index (χ3n) is 8.19. The van der Waals surface area contributed by atoms with Crippen LogP contribution in [0.1, 0.15) is 0 Å². The van der Waals surface area contributed by atoms with Crippen molar-refractivity contribution in [1.29, 1.82) is 0 Å². The van der Waals surface area contributed by atoms with Gasteiger partial charge in [0.25, 0.3) is 0 Å². The third-order valence-corrected chi connectivity index (χ3v) is 10.4. The first kappa shape index (κ1) is 22.3. The molecule has 7 aromatic carbocycles. The minimum absolute atomic E-state index is 1.26. The highest BCUT2D eigenvalue weighted by Gasteiger charge is 2.13. The van der Waals surface area contributed by atoms with E-state index in [0.29, 0.717) is 0 Å². The van der Waals surface area contributed by atoms with E-state index in [1.165, 1.54) is 84.1 Å². The molecule has 0 amide bonds. The molecule has 0 atom stereocenters. The molecule has 0 saturated carbocycles. The van der Waals surface area contributed by atoms with Gasteiger partial charge in [0.15, 0.2) is 0 Å². The van der Waals surface area contributed by atoms with E-state index >= 15 is 0 Å². The van der Waals surface area contributed by atoms with Crippen molar-refractivity contribution in [2.45, 2.75) is 0 Å². The lowest BCUT2D eigenvalue weighted by Gasteiger charge is -2.05. The topological polar surface area (TPSA) is 0 Å². The Bertz CT molecular complexity index is 2240. The predicted molar refractivity (Wildman–Crippen MR) is 178 cm³/mol. The van der Waals surface area contributed by atoms with E-state index in [1.807, 2.05) is 22.7 Å². The lowest BCUT2D eigenvalue weighted by atomic mass is 9.99. The molecular formula is C38H22S2. The van der Waals surface area contributed by atoms with Crippen LogP contribution in [0.5, 0.6) is 0 Å². The number of thiophene rings is 2. The SMILES string of the molecule is c1ccc(-c2ccc3cc4sc5cc6c(cc5c4cc3c2)sc2cc3ccc(-c4ccccc4)cc3cc26)cc1. The van der Waals surface area contributed by atoms with Gasteiger partial charge in [-0.2, -0.15) is 0 Å². The molecule has 0 N–H and O–H groups in total. The summed E-state index contributed by atoms with van der Waals surface area (Å²) in [6.45, 7) is 0. The van der Waals surface area contributed by atoms with Crippen molar-refractivity contribution in [3.05, 3.63) is 133 Å². The van der Waals surface area contributed by atoms with Crippen LogP contribution in [0.15, 0.2) is 133 Å². The largest absolute Gasteiger partial charge is 0.135 e. The maximum atomic E-state index is 2.43. The maximum absolute atomic E-state index is 2.43.